The molecule has 0 aliphatic carbocycles. The van der Waals surface area contributed by atoms with E-state index in [-0.39, 0.29) is 0 Å². The molecule has 90 valence electrons. The SMILES string of the molecule is Cc1csc(CCn2c(C)cc(C=O)c2C)n1. The van der Waals surface area contributed by atoms with Gasteiger partial charge in [0.1, 0.15) is 0 Å². The van der Waals surface area contributed by atoms with Gasteiger partial charge in [-0.3, -0.25) is 4.79 Å². The number of aryl methyl sites for hydroxylation is 3. The summed E-state index contributed by atoms with van der Waals surface area (Å²) < 4.78 is 2.18. The average Bonchev–Trinajstić information content (AvgIpc) is 2.82. The van der Waals surface area contributed by atoms with Gasteiger partial charge in [-0.15, -0.1) is 11.3 Å². The van der Waals surface area contributed by atoms with Crippen molar-refractivity contribution in [1.29, 1.82) is 0 Å². The Hall–Kier alpha value is -1.42. The van der Waals surface area contributed by atoms with E-state index in [4.69, 9.17) is 0 Å². The second-order valence-electron chi connectivity index (χ2n) is 4.23. The maximum absolute atomic E-state index is 10.8. The zero-order valence-corrected chi connectivity index (χ0v) is 11.2. The van der Waals surface area contributed by atoms with Gasteiger partial charge in [0, 0.05) is 41.0 Å². The van der Waals surface area contributed by atoms with Crippen LogP contribution in [-0.4, -0.2) is 15.8 Å². The number of hydrogen-bond acceptors (Lipinski definition) is 3. The van der Waals surface area contributed by atoms with E-state index >= 15 is 0 Å². The normalized spacial score (nSPS) is 10.8. The van der Waals surface area contributed by atoms with Crippen LogP contribution >= 0.6 is 11.3 Å². The van der Waals surface area contributed by atoms with Crippen LogP contribution in [0.25, 0.3) is 0 Å². The van der Waals surface area contributed by atoms with Gasteiger partial charge >= 0.3 is 0 Å². The van der Waals surface area contributed by atoms with E-state index in [1.54, 1.807) is 11.3 Å². The lowest BCUT2D eigenvalue weighted by atomic mass is 10.3. The summed E-state index contributed by atoms with van der Waals surface area (Å²) >= 11 is 1.70. The molecular formula is C13H16N2OS. The molecule has 0 atom stereocenters. The van der Waals surface area contributed by atoms with Crippen LogP contribution < -0.4 is 0 Å². The number of carbonyl (C=O) groups excluding carboxylic acids is 1. The smallest absolute Gasteiger partial charge is 0.151 e. The standard InChI is InChI=1S/C13H16N2OS/c1-9-8-17-13(14-9)4-5-15-10(2)6-12(7-16)11(15)3/h6-8H,4-5H2,1-3H3. The summed E-state index contributed by atoms with van der Waals surface area (Å²) in [7, 11) is 0. The first-order valence-corrected chi connectivity index (χ1v) is 6.52. The molecule has 0 spiro atoms. The van der Waals surface area contributed by atoms with Gasteiger partial charge in [0.05, 0.1) is 5.01 Å². The van der Waals surface area contributed by atoms with Gasteiger partial charge in [0.25, 0.3) is 0 Å². The van der Waals surface area contributed by atoms with Gasteiger partial charge in [-0.2, -0.15) is 0 Å². The van der Waals surface area contributed by atoms with Gasteiger partial charge in [-0.1, -0.05) is 0 Å². The lowest BCUT2D eigenvalue weighted by Gasteiger charge is -2.07. The van der Waals surface area contributed by atoms with Crippen molar-refractivity contribution in [3.8, 4) is 0 Å². The Bertz CT molecular complexity index is 540. The van der Waals surface area contributed by atoms with E-state index in [1.165, 1.54) is 0 Å². The van der Waals surface area contributed by atoms with Crippen LogP contribution in [0.15, 0.2) is 11.4 Å². The Morgan fingerprint density at radius 2 is 2.18 bits per heavy atom. The lowest BCUT2D eigenvalue weighted by molar-refractivity contribution is 0.112. The van der Waals surface area contributed by atoms with E-state index < -0.39 is 0 Å². The highest BCUT2D eigenvalue weighted by atomic mass is 32.1. The van der Waals surface area contributed by atoms with Crippen molar-refractivity contribution in [3.63, 3.8) is 0 Å². The first kappa shape index (κ1) is 12.0. The molecule has 0 saturated carbocycles. The Kier molecular flexibility index (Phi) is 3.43. The first-order valence-electron chi connectivity index (χ1n) is 5.64. The highest BCUT2D eigenvalue weighted by Gasteiger charge is 2.08. The van der Waals surface area contributed by atoms with E-state index in [0.29, 0.717) is 0 Å². The largest absolute Gasteiger partial charge is 0.348 e. The van der Waals surface area contributed by atoms with Crippen LogP contribution in [0.4, 0.5) is 0 Å². The number of carbonyl (C=O) groups is 1. The van der Waals surface area contributed by atoms with E-state index in [0.717, 1.165) is 46.9 Å². The molecule has 2 heterocycles. The van der Waals surface area contributed by atoms with Crippen LogP contribution in [0, 0.1) is 20.8 Å². The molecule has 2 aromatic heterocycles. The number of hydrogen-bond donors (Lipinski definition) is 0. The molecule has 0 amide bonds. The molecule has 0 aliphatic heterocycles. The minimum absolute atomic E-state index is 0.790. The van der Waals surface area contributed by atoms with Crippen molar-refractivity contribution in [2.75, 3.05) is 0 Å². The number of aromatic nitrogens is 2. The van der Waals surface area contributed by atoms with Crippen molar-refractivity contribution in [2.45, 2.75) is 33.7 Å². The third-order valence-corrected chi connectivity index (χ3v) is 3.98. The number of aldehydes is 1. The molecular weight excluding hydrogens is 232 g/mol. The van der Waals surface area contributed by atoms with E-state index in [1.807, 2.05) is 26.8 Å². The molecule has 17 heavy (non-hydrogen) atoms. The van der Waals surface area contributed by atoms with Gasteiger partial charge in [-0.05, 0) is 26.8 Å². The van der Waals surface area contributed by atoms with Gasteiger partial charge in [0.15, 0.2) is 6.29 Å². The summed E-state index contributed by atoms with van der Waals surface area (Å²) in [6.07, 6.45) is 1.85. The van der Waals surface area contributed by atoms with Gasteiger partial charge in [0.2, 0.25) is 0 Å². The molecule has 0 fully saturated rings. The molecule has 0 unspecified atom stereocenters. The minimum atomic E-state index is 0.790. The number of nitrogens with zero attached hydrogens (tertiary/aromatic N) is 2. The first-order chi connectivity index (χ1) is 8.11. The maximum atomic E-state index is 10.8. The zero-order chi connectivity index (χ0) is 12.4. The lowest BCUT2D eigenvalue weighted by Crippen LogP contribution is -2.05. The van der Waals surface area contributed by atoms with Crippen LogP contribution in [0.5, 0.6) is 0 Å². The van der Waals surface area contributed by atoms with Crippen molar-refractivity contribution in [2.24, 2.45) is 0 Å². The quantitative estimate of drug-likeness (QED) is 0.780. The topological polar surface area (TPSA) is 34.9 Å². The molecule has 2 aromatic rings. The Balaban J connectivity index is 2.13. The third kappa shape index (κ3) is 2.47. The van der Waals surface area contributed by atoms with Gasteiger partial charge < -0.3 is 4.57 Å². The number of thiazole rings is 1. The number of rotatable bonds is 4. The van der Waals surface area contributed by atoms with Crippen LogP contribution in [0.1, 0.15) is 32.4 Å². The van der Waals surface area contributed by atoms with Gasteiger partial charge in [-0.25, -0.2) is 4.98 Å². The summed E-state index contributed by atoms with van der Waals surface area (Å²) in [5, 5.41) is 3.23. The predicted molar refractivity (Wildman–Crippen MR) is 69.8 cm³/mol. The molecule has 0 radical (unpaired) electrons. The molecule has 0 N–H and O–H groups in total. The van der Waals surface area contributed by atoms with Crippen molar-refractivity contribution >= 4 is 17.6 Å². The molecule has 0 bridgehead atoms. The highest BCUT2D eigenvalue weighted by molar-refractivity contribution is 7.09. The fraction of sp³-hybridized carbons (Fsp3) is 0.385. The summed E-state index contributed by atoms with van der Waals surface area (Å²) in [6.45, 7) is 6.92. The summed E-state index contributed by atoms with van der Waals surface area (Å²) in [4.78, 5) is 15.3. The predicted octanol–water partition coefficient (Wildman–Crippen LogP) is 2.93. The van der Waals surface area contributed by atoms with Crippen LogP contribution in [-0.2, 0) is 13.0 Å². The van der Waals surface area contributed by atoms with Crippen molar-refractivity contribution in [3.05, 3.63) is 39.1 Å². The van der Waals surface area contributed by atoms with Crippen LogP contribution in [0.2, 0.25) is 0 Å². The monoisotopic (exact) mass is 248 g/mol. The molecule has 3 nitrogen and oxygen atoms in total. The second-order valence-corrected chi connectivity index (χ2v) is 5.17. The third-order valence-electron chi connectivity index (χ3n) is 2.96. The Labute approximate surface area is 105 Å². The average molecular weight is 248 g/mol. The van der Waals surface area contributed by atoms with Crippen molar-refractivity contribution in [1.82, 2.24) is 9.55 Å². The fourth-order valence-corrected chi connectivity index (χ4v) is 2.78. The molecule has 0 aromatic carbocycles. The molecule has 4 heteroatoms. The Morgan fingerprint density at radius 3 is 2.71 bits per heavy atom. The Morgan fingerprint density at radius 1 is 1.41 bits per heavy atom. The van der Waals surface area contributed by atoms with E-state index in [2.05, 4.69) is 14.9 Å². The minimum Gasteiger partial charge on any atom is -0.348 e. The van der Waals surface area contributed by atoms with Crippen molar-refractivity contribution < 1.29 is 4.79 Å². The molecule has 0 aliphatic rings. The highest BCUT2D eigenvalue weighted by Crippen LogP contribution is 2.16. The van der Waals surface area contributed by atoms with Crippen LogP contribution in [0.3, 0.4) is 0 Å². The molecule has 2 rings (SSSR count). The summed E-state index contributed by atoms with van der Waals surface area (Å²) in [6, 6.07) is 1.94. The zero-order valence-electron chi connectivity index (χ0n) is 10.4. The maximum Gasteiger partial charge on any atom is 0.151 e. The van der Waals surface area contributed by atoms with E-state index in [9.17, 15) is 4.79 Å². The molecule has 0 saturated heterocycles. The summed E-state index contributed by atoms with van der Waals surface area (Å²) in [5.41, 5.74) is 4.06. The summed E-state index contributed by atoms with van der Waals surface area (Å²) in [5.74, 6) is 0. The second kappa shape index (κ2) is 4.84. The fourth-order valence-electron chi connectivity index (χ4n) is 2.02.